The fourth-order valence-electron chi connectivity index (χ4n) is 1.05. The number of Topliss-reactive ketones (excluding diaryl/α,β-unsaturated/α-hetero) is 1. The van der Waals surface area contributed by atoms with Crippen molar-refractivity contribution in [2.75, 3.05) is 0 Å². The van der Waals surface area contributed by atoms with Crippen LogP contribution >= 0.6 is 0 Å². The molecular formula is C16H28O2. The molecule has 0 unspecified atom stereocenters. The van der Waals surface area contributed by atoms with Gasteiger partial charge in [0.2, 0.25) is 0 Å². The lowest BCUT2D eigenvalue weighted by atomic mass is 10.1. The molecule has 2 nitrogen and oxygen atoms in total. The summed E-state index contributed by atoms with van der Waals surface area (Å²) in [6.07, 6.45) is 2.52. The zero-order valence-corrected chi connectivity index (χ0v) is 12.4. The molecule has 0 heterocycles. The van der Waals surface area contributed by atoms with Gasteiger partial charge in [0.25, 0.3) is 0 Å². The first-order valence-corrected chi connectivity index (χ1v) is 6.82. The van der Waals surface area contributed by atoms with Crippen LogP contribution in [0.25, 0.3) is 0 Å². The van der Waals surface area contributed by atoms with E-state index in [0.29, 0.717) is 23.9 Å². The number of ketones is 1. The van der Waals surface area contributed by atoms with Crippen LogP contribution in [0.1, 0.15) is 53.9 Å². The Balaban J connectivity index is 0. The van der Waals surface area contributed by atoms with E-state index in [9.17, 15) is 4.79 Å². The van der Waals surface area contributed by atoms with Crippen LogP contribution in [0.2, 0.25) is 0 Å². The molecule has 0 aliphatic carbocycles. The Hall–Kier alpha value is -1.31. The lowest BCUT2D eigenvalue weighted by Crippen LogP contribution is -1.97. The van der Waals surface area contributed by atoms with Gasteiger partial charge in [-0.15, -0.1) is 0 Å². The number of benzene rings is 1. The molecule has 1 rings (SSSR count). The van der Waals surface area contributed by atoms with Crippen LogP contribution in [0.4, 0.5) is 0 Å². The van der Waals surface area contributed by atoms with Crippen molar-refractivity contribution in [3.05, 3.63) is 30.3 Å². The summed E-state index contributed by atoms with van der Waals surface area (Å²) in [4.78, 5) is 10.7. The van der Waals surface area contributed by atoms with Gasteiger partial charge in [-0.1, -0.05) is 52.8 Å². The van der Waals surface area contributed by atoms with Gasteiger partial charge in [0.15, 0.2) is 0 Å². The summed E-state index contributed by atoms with van der Waals surface area (Å²) in [5.41, 5.74) is 0. The van der Waals surface area contributed by atoms with Gasteiger partial charge in [0.1, 0.15) is 11.5 Å². The van der Waals surface area contributed by atoms with Crippen molar-refractivity contribution >= 4 is 5.78 Å². The number of rotatable bonds is 4. The summed E-state index contributed by atoms with van der Waals surface area (Å²) in [6.45, 7) is 10.2. The summed E-state index contributed by atoms with van der Waals surface area (Å²) >= 11 is 0. The van der Waals surface area contributed by atoms with E-state index in [1.54, 1.807) is 24.3 Å². The van der Waals surface area contributed by atoms with Crippen molar-refractivity contribution in [2.45, 2.75) is 53.9 Å². The smallest absolute Gasteiger partial charge is 0.132 e. The summed E-state index contributed by atoms with van der Waals surface area (Å²) in [5.74, 6) is 1.38. The van der Waals surface area contributed by atoms with E-state index in [1.165, 1.54) is 0 Å². The molecule has 1 aromatic rings. The number of phenolic OH excluding ortho intramolecular Hbond substituents is 1. The van der Waals surface area contributed by atoms with Crippen molar-refractivity contribution in [2.24, 2.45) is 5.92 Å². The normalized spacial score (nSPS) is 8.78. The monoisotopic (exact) mass is 252 g/mol. The molecular weight excluding hydrogens is 224 g/mol. The highest BCUT2D eigenvalue weighted by Crippen LogP contribution is 2.04. The molecule has 1 aromatic carbocycles. The van der Waals surface area contributed by atoms with E-state index >= 15 is 0 Å². The minimum atomic E-state index is 0.322. The van der Waals surface area contributed by atoms with E-state index in [-0.39, 0.29) is 0 Å². The summed E-state index contributed by atoms with van der Waals surface area (Å²) in [5, 5.41) is 8.63. The number of carbonyl (C=O) groups is 1. The molecule has 104 valence electrons. The second-order valence-corrected chi connectivity index (χ2v) is 4.16. The second kappa shape index (κ2) is 13.8. The van der Waals surface area contributed by atoms with E-state index in [2.05, 4.69) is 13.8 Å². The van der Waals surface area contributed by atoms with Gasteiger partial charge in [-0.2, -0.15) is 0 Å². The van der Waals surface area contributed by atoms with E-state index in [0.717, 1.165) is 12.8 Å². The lowest BCUT2D eigenvalue weighted by molar-refractivity contribution is -0.119. The van der Waals surface area contributed by atoms with E-state index < -0.39 is 0 Å². The molecule has 2 heteroatoms. The van der Waals surface area contributed by atoms with Gasteiger partial charge in [0.05, 0.1) is 0 Å². The number of para-hydroxylation sites is 1. The van der Waals surface area contributed by atoms with E-state index in [1.807, 2.05) is 26.8 Å². The first-order chi connectivity index (χ1) is 8.56. The number of hydrogen-bond acceptors (Lipinski definition) is 2. The molecule has 0 amide bonds. The van der Waals surface area contributed by atoms with Crippen molar-refractivity contribution in [1.82, 2.24) is 0 Å². The molecule has 0 fully saturated rings. The number of hydrogen-bond donors (Lipinski definition) is 1. The Morgan fingerprint density at radius 3 is 1.94 bits per heavy atom. The zero-order chi connectivity index (χ0) is 14.4. The predicted octanol–water partition coefficient (Wildman–Crippen LogP) is 4.82. The van der Waals surface area contributed by atoms with Crippen LogP contribution in [0, 0.1) is 5.92 Å². The Kier molecular flexibility index (Phi) is 14.5. The Morgan fingerprint density at radius 2 is 1.67 bits per heavy atom. The standard InChI is InChI=1S/C8H16O.C6H6O.C2H6/c1-4-8(9)6-5-7(2)3;7-6-4-2-1-3-5-6;1-2/h7H,4-6H2,1-3H3;1-5,7H;1-2H3. The molecule has 1 N–H and O–H groups in total. The van der Waals surface area contributed by atoms with Crippen LogP contribution in [0.15, 0.2) is 30.3 Å². The van der Waals surface area contributed by atoms with Crippen LogP contribution in [0.3, 0.4) is 0 Å². The first kappa shape index (κ1) is 19.0. The average molecular weight is 252 g/mol. The molecule has 0 aliphatic heterocycles. The van der Waals surface area contributed by atoms with Crippen molar-refractivity contribution in [3.63, 3.8) is 0 Å². The molecule has 0 aliphatic rings. The molecule has 0 bridgehead atoms. The summed E-state index contributed by atoms with van der Waals surface area (Å²) < 4.78 is 0. The fourth-order valence-corrected chi connectivity index (χ4v) is 1.05. The molecule has 0 atom stereocenters. The maximum absolute atomic E-state index is 10.7. The highest BCUT2D eigenvalue weighted by molar-refractivity contribution is 5.77. The van der Waals surface area contributed by atoms with Crippen LogP contribution in [0.5, 0.6) is 5.75 Å². The fraction of sp³-hybridized carbons (Fsp3) is 0.562. The van der Waals surface area contributed by atoms with Gasteiger partial charge in [-0.3, -0.25) is 4.79 Å². The number of carbonyl (C=O) groups excluding carboxylic acids is 1. The zero-order valence-electron chi connectivity index (χ0n) is 12.4. The maximum atomic E-state index is 10.7. The number of aromatic hydroxyl groups is 1. The van der Waals surface area contributed by atoms with Crippen molar-refractivity contribution in [1.29, 1.82) is 0 Å². The average Bonchev–Trinajstić information content (AvgIpc) is 2.40. The van der Waals surface area contributed by atoms with E-state index in [4.69, 9.17) is 5.11 Å². The van der Waals surface area contributed by atoms with Gasteiger partial charge < -0.3 is 5.11 Å². The predicted molar refractivity (Wildman–Crippen MR) is 78.8 cm³/mol. The molecule has 18 heavy (non-hydrogen) atoms. The topological polar surface area (TPSA) is 37.3 Å². The van der Waals surface area contributed by atoms with Gasteiger partial charge in [-0.25, -0.2) is 0 Å². The first-order valence-electron chi connectivity index (χ1n) is 6.82. The third-order valence-corrected chi connectivity index (χ3v) is 2.15. The minimum Gasteiger partial charge on any atom is -0.508 e. The summed E-state index contributed by atoms with van der Waals surface area (Å²) in [6, 6.07) is 8.71. The SMILES string of the molecule is CC.CCC(=O)CCC(C)C.Oc1ccccc1. The lowest BCUT2D eigenvalue weighted by Gasteiger charge is -2.00. The Morgan fingerprint density at radius 1 is 1.17 bits per heavy atom. The van der Waals surface area contributed by atoms with Crippen LogP contribution in [-0.2, 0) is 4.79 Å². The molecule has 0 spiro atoms. The molecule has 0 aromatic heterocycles. The van der Waals surface area contributed by atoms with Gasteiger partial charge >= 0.3 is 0 Å². The highest BCUT2D eigenvalue weighted by Gasteiger charge is 1.99. The van der Waals surface area contributed by atoms with Crippen molar-refractivity contribution < 1.29 is 9.90 Å². The number of phenols is 1. The van der Waals surface area contributed by atoms with Crippen LogP contribution in [-0.4, -0.2) is 10.9 Å². The molecule has 0 saturated heterocycles. The van der Waals surface area contributed by atoms with Gasteiger partial charge in [-0.05, 0) is 24.5 Å². The Bertz CT molecular complexity index is 278. The third kappa shape index (κ3) is 14.7. The third-order valence-electron chi connectivity index (χ3n) is 2.15. The van der Waals surface area contributed by atoms with Crippen LogP contribution < -0.4 is 0 Å². The van der Waals surface area contributed by atoms with Crippen molar-refractivity contribution in [3.8, 4) is 5.75 Å². The second-order valence-electron chi connectivity index (χ2n) is 4.16. The largest absolute Gasteiger partial charge is 0.508 e. The summed E-state index contributed by atoms with van der Waals surface area (Å²) in [7, 11) is 0. The maximum Gasteiger partial charge on any atom is 0.132 e. The molecule has 0 saturated carbocycles. The quantitative estimate of drug-likeness (QED) is 0.834. The Labute approximate surface area is 112 Å². The van der Waals surface area contributed by atoms with Gasteiger partial charge in [0, 0.05) is 12.8 Å². The minimum absolute atomic E-state index is 0.322. The highest BCUT2D eigenvalue weighted by atomic mass is 16.3. The molecule has 0 radical (unpaired) electrons.